The number of halogens is 2. The van der Waals surface area contributed by atoms with Crippen LogP contribution in [0, 0.1) is 18.6 Å². The van der Waals surface area contributed by atoms with Crippen LogP contribution in [0.1, 0.15) is 76.9 Å². The van der Waals surface area contributed by atoms with Gasteiger partial charge in [0.1, 0.15) is 35.2 Å². The molecule has 3 aliphatic heterocycles. The number of hydroxylamine groups is 2. The maximum atomic E-state index is 14.5. The Balaban J connectivity index is 1.25. The van der Waals surface area contributed by atoms with Gasteiger partial charge < -0.3 is 24.5 Å². The molecule has 2 aromatic carbocycles. The van der Waals surface area contributed by atoms with Gasteiger partial charge in [0.15, 0.2) is 11.4 Å². The van der Waals surface area contributed by atoms with E-state index in [1.165, 1.54) is 22.8 Å². The highest BCUT2D eigenvalue weighted by atomic mass is 19.1. The highest BCUT2D eigenvalue weighted by Crippen LogP contribution is 2.47. The maximum Gasteiger partial charge on any atom is 0.274 e. The molecule has 0 aliphatic carbocycles. The predicted molar refractivity (Wildman–Crippen MR) is 168 cm³/mol. The number of nitrogens with zero attached hydrogens (tertiary/aromatic N) is 5. The van der Waals surface area contributed by atoms with Crippen molar-refractivity contribution in [3.63, 3.8) is 0 Å². The second-order valence-electron chi connectivity index (χ2n) is 12.8. The average molecular weight is 661 g/mol. The van der Waals surface area contributed by atoms with Crippen LogP contribution in [0.3, 0.4) is 0 Å². The Morgan fingerprint density at radius 3 is 2.62 bits per heavy atom. The molecule has 250 valence electrons. The van der Waals surface area contributed by atoms with E-state index in [0.29, 0.717) is 30.8 Å². The molecule has 4 aromatic rings. The number of pyridine rings is 1. The lowest BCUT2D eigenvalue weighted by Crippen LogP contribution is -2.52. The van der Waals surface area contributed by atoms with E-state index in [1.54, 1.807) is 4.90 Å². The summed E-state index contributed by atoms with van der Waals surface area (Å²) in [4.78, 5) is 66.8. The quantitative estimate of drug-likeness (QED) is 0.322. The lowest BCUT2D eigenvalue weighted by Gasteiger charge is -2.42. The number of benzene rings is 2. The van der Waals surface area contributed by atoms with Crippen LogP contribution in [0.2, 0.25) is 0 Å². The lowest BCUT2D eigenvalue weighted by molar-refractivity contribution is -0.218. The van der Waals surface area contributed by atoms with Gasteiger partial charge in [-0.2, -0.15) is 0 Å². The van der Waals surface area contributed by atoms with Crippen molar-refractivity contribution < 1.29 is 33.1 Å². The molecule has 0 unspecified atom stereocenters. The Hall–Kier alpha value is -5.11. The molecule has 2 aromatic heterocycles. The molecule has 14 heteroatoms. The summed E-state index contributed by atoms with van der Waals surface area (Å²) < 4.78 is 32.3. The number of fused-ring (bicyclic) bond motifs is 6. The summed E-state index contributed by atoms with van der Waals surface area (Å²) in [5.41, 5.74) is -1.48. The van der Waals surface area contributed by atoms with E-state index in [1.807, 2.05) is 42.7 Å². The van der Waals surface area contributed by atoms with Crippen molar-refractivity contribution in [2.45, 2.75) is 77.4 Å². The molecule has 0 saturated carbocycles. The maximum absolute atomic E-state index is 14.5. The molecular weight excluding hydrogens is 626 g/mol. The molecular formula is C34H34F2N6O6. The highest BCUT2D eigenvalue weighted by Gasteiger charge is 2.56. The van der Waals surface area contributed by atoms with Crippen molar-refractivity contribution in [3.8, 4) is 5.75 Å². The number of hydrogen-bond donors (Lipinski definition) is 2. The van der Waals surface area contributed by atoms with Crippen LogP contribution < -0.4 is 10.7 Å². The van der Waals surface area contributed by atoms with Gasteiger partial charge in [0.05, 0.1) is 23.5 Å². The monoisotopic (exact) mass is 660 g/mol. The van der Waals surface area contributed by atoms with Crippen LogP contribution in [0.15, 0.2) is 47.4 Å². The van der Waals surface area contributed by atoms with E-state index in [0.717, 1.165) is 23.2 Å². The Bertz CT molecular complexity index is 2050. The molecule has 2 N–H and O–H groups in total. The number of hydrogen-bond acceptors (Lipinski definition) is 7. The highest BCUT2D eigenvalue weighted by molar-refractivity contribution is 5.99. The van der Waals surface area contributed by atoms with Crippen LogP contribution in [-0.2, 0) is 29.3 Å². The minimum absolute atomic E-state index is 0.0569. The van der Waals surface area contributed by atoms with Crippen LogP contribution in [0.25, 0.3) is 11.0 Å². The number of aromatic hydroxyl groups is 1. The lowest BCUT2D eigenvalue weighted by atomic mass is 9.85. The fraction of sp³-hybridized carbons (Fsp3) is 0.382. The van der Waals surface area contributed by atoms with Crippen molar-refractivity contribution in [2.24, 2.45) is 0 Å². The summed E-state index contributed by atoms with van der Waals surface area (Å²) in [6.45, 7) is 5.57. The number of aromatic nitrogens is 3. The number of carbonyl (C=O) groups is 3. The summed E-state index contributed by atoms with van der Waals surface area (Å²) in [7, 11) is 0. The first kappa shape index (κ1) is 31.5. The van der Waals surface area contributed by atoms with E-state index >= 15 is 0 Å². The standard InChI is InChI=1S/C34H34F2N6O6/c1-4-39-25-8-6-5-7-24(25)38-27(39)17-42-28(43)13-34(48-42)10-9-19(3)40-16-26(34)41-15-21(30(44)31(45)29(41)33(40)47)32(46)37-14-20-22(35)11-18(2)12-23(20)36/h5-8,11-12,15,19,26,45H,4,9-10,13-14,16-17H2,1-3H3,(H,37,46)/t19-,26+,34-/m0/s1. The SMILES string of the molecule is CCn1c(CN2O[C@@]3(CC[C@H](C)N4C[C@H]3n3cc(C(=O)NCc5c(F)cc(C)cc5F)c(=O)c(O)c3C4=O)CC2=O)nc2ccccc21. The van der Waals surface area contributed by atoms with Crippen LogP contribution in [-0.4, -0.2) is 65.1 Å². The Kier molecular flexibility index (Phi) is 7.57. The average Bonchev–Trinajstić information content (AvgIpc) is 3.53. The normalized spacial score (nSPS) is 22.0. The van der Waals surface area contributed by atoms with E-state index in [-0.39, 0.29) is 37.2 Å². The molecule has 5 heterocycles. The number of imidazole rings is 1. The zero-order valence-electron chi connectivity index (χ0n) is 26.6. The van der Waals surface area contributed by atoms with Gasteiger partial charge in [-0.05, 0) is 63.4 Å². The van der Waals surface area contributed by atoms with Gasteiger partial charge in [0, 0.05) is 37.4 Å². The van der Waals surface area contributed by atoms with Gasteiger partial charge in [-0.15, -0.1) is 0 Å². The number of aryl methyl sites for hydroxylation is 2. The molecule has 0 radical (unpaired) electrons. The van der Waals surface area contributed by atoms with Crippen molar-refractivity contribution in [3.05, 3.63) is 92.7 Å². The zero-order chi connectivity index (χ0) is 34.1. The topological polar surface area (TPSA) is 139 Å². The Morgan fingerprint density at radius 2 is 1.90 bits per heavy atom. The Labute approximate surface area is 273 Å². The van der Waals surface area contributed by atoms with Crippen LogP contribution >= 0.6 is 0 Å². The Morgan fingerprint density at radius 1 is 1.17 bits per heavy atom. The summed E-state index contributed by atoms with van der Waals surface area (Å²) in [6, 6.07) is 8.82. The smallest absolute Gasteiger partial charge is 0.274 e. The first-order valence-corrected chi connectivity index (χ1v) is 15.9. The molecule has 1 spiro atoms. The predicted octanol–water partition coefficient (Wildman–Crippen LogP) is 3.72. The molecule has 12 nitrogen and oxygen atoms in total. The van der Waals surface area contributed by atoms with Crippen molar-refractivity contribution in [1.82, 2.24) is 29.4 Å². The molecule has 3 aliphatic rings. The van der Waals surface area contributed by atoms with Gasteiger partial charge in [-0.3, -0.25) is 24.0 Å². The third kappa shape index (κ3) is 4.93. The van der Waals surface area contributed by atoms with E-state index < -0.39 is 63.9 Å². The number of para-hydroxylation sites is 2. The molecule has 48 heavy (non-hydrogen) atoms. The minimum atomic E-state index is -1.19. The zero-order valence-corrected chi connectivity index (χ0v) is 26.6. The number of carbonyl (C=O) groups excluding carboxylic acids is 3. The summed E-state index contributed by atoms with van der Waals surface area (Å²) >= 11 is 0. The first-order valence-electron chi connectivity index (χ1n) is 15.9. The third-order valence-corrected chi connectivity index (χ3v) is 9.82. The molecule has 2 fully saturated rings. The third-order valence-electron chi connectivity index (χ3n) is 9.82. The van der Waals surface area contributed by atoms with E-state index in [4.69, 9.17) is 9.82 Å². The summed E-state index contributed by atoms with van der Waals surface area (Å²) in [5, 5.41) is 14.8. The fourth-order valence-electron chi connectivity index (χ4n) is 7.28. The molecule has 2 bridgehead atoms. The fourth-order valence-corrected chi connectivity index (χ4v) is 7.28. The minimum Gasteiger partial charge on any atom is -0.503 e. The molecule has 3 atom stereocenters. The number of amides is 3. The number of rotatable bonds is 6. The van der Waals surface area contributed by atoms with Crippen molar-refractivity contribution in [1.29, 1.82) is 0 Å². The van der Waals surface area contributed by atoms with Crippen LogP contribution in [0.5, 0.6) is 5.75 Å². The van der Waals surface area contributed by atoms with E-state index in [9.17, 15) is 33.1 Å². The van der Waals surface area contributed by atoms with Gasteiger partial charge in [0.2, 0.25) is 11.3 Å². The summed E-state index contributed by atoms with van der Waals surface area (Å²) in [5.74, 6) is -3.92. The van der Waals surface area contributed by atoms with E-state index in [2.05, 4.69) is 5.32 Å². The first-order chi connectivity index (χ1) is 22.9. The molecule has 3 amide bonds. The van der Waals surface area contributed by atoms with Gasteiger partial charge in [-0.25, -0.2) is 18.8 Å². The van der Waals surface area contributed by atoms with Gasteiger partial charge >= 0.3 is 0 Å². The van der Waals surface area contributed by atoms with Crippen molar-refractivity contribution >= 4 is 28.8 Å². The molecule has 7 rings (SSSR count). The second-order valence-corrected chi connectivity index (χ2v) is 12.8. The number of nitrogens with one attached hydrogen (secondary N) is 1. The van der Waals surface area contributed by atoms with Gasteiger partial charge in [-0.1, -0.05) is 12.1 Å². The molecule has 2 saturated heterocycles. The van der Waals surface area contributed by atoms with Crippen LogP contribution in [0.4, 0.5) is 8.78 Å². The largest absolute Gasteiger partial charge is 0.503 e. The summed E-state index contributed by atoms with van der Waals surface area (Å²) in [6.07, 6.45) is 1.93. The van der Waals surface area contributed by atoms with Crippen molar-refractivity contribution in [2.75, 3.05) is 6.54 Å². The second kappa shape index (κ2) is 11.5. The van der Waals surface area contributed by atoms with Gasteiger partial charge in [0.25, 0.3) is 11.8 Å².